The molecule has 2 unspecified atom stereocenters. The number of hydrogen-bond donors (Lipinski definition) is 2. The summed E-state index contributed by atoms with van der Waals surface area (Å²) >= 11 is 0. The van der Waals surface area contributed by atoms with E-state index in [9.17, 15) is 0 Å². The van der Waals surface area contributed by atoms with Gasteiger partial charge in [0, 0.05) is 37.6 Å². The van der Waals surface area contributed by atoms with Gasteiger partial charge in [0.2, 0.25) is 0 Å². The Bertz CT molecular complexity index is 236. The molecule has 0 aromatic carbocycles. The van der Waals surface area contributed by atoms with E-state index < -0.39 is 0 Å². The Morgan fingerprint density at radius 2 is 2.36 bits per heavy atom. The first-order chi connectivity index (χ1) is 6.74. The van der Waals surface area contributed by atoms with Gasteiger partial charge in [-0.25, -0.2) is 0 Å². The predicted molar refractivity (Wildman–Crippen MR) is 56.1 cm³/mol. The van der Waals surface area contributed by atoms with E-state index in [-0.39, 0.29) is 0 Å². The van der Waals surface area contributed by atoms with Crippen LogP contribution in [0, 0.1) is 0 Å². The van der Waals surface area contributed by atoms with Crippen molar-refractivity contribution in [3.8, 4) is 0 Å². The maximum absolute atomic E-state index is 5.03. The number of rotatable bonds is 6. The second-order valence-corrected chi connectivity index (χ2v) is 3.60. The average molecular weight is 197 g/mol. The normalized spacial score (nSPS) is 15.4. The zero-order chi connectivity index (χ0) is 10.4. The van der Waals surface area contributed by atoms with Crippen molar-refractivity contribution in [3.05, 3.63) is 18.0 Å². The Balaban J connectivity index is 2.29. The molecule has 14 heavy (non-hydrogen) atoms. The maximum Gasteiger partial charge on any atom is 0.0534 e. The molecule has 0 saturated carbocycles. The van der Waals surface area contributed by atoms with Crippen LogP contribution in [0.3, 0.4) is 0 Å². The first-order valence-electron chi connectivity index (χ1n) is 4.97. The molecular formula is C10H19N3O. The first-order valence-corrected chi connectivity index (χ1v) is 4.97. The highest BCUT2D eigenvalue weighted by Crippen LogP contribution is 2.10. The summed E-state index contributed by atoms with van der Waals surface area (Å²) in [7, 11) is 1.73. The Morgan fingerprint density at radius 3 is 2.93 bits per heavy atom. The van der Waals surface area contributed by atoms with Gasteiger partial charge in [0.1, 0.15) is 0 Å². The lowest BCUT2D eigenvalue weighted by Gasteiger charge is -2.18. The van der Waals surface area contributed by atoms with E-state index in [4.69, 9.17) is 4.74 Å². The first kappa shape index (κ1) is 11.2. The monoisotopic (exact) mass is 197 g/mol. The standard InChI is InChI=1S/C10H19N3O/c1-8(4-5-14-3)13-9(2)10-6-11-12-7-10/h6-9,13H,4-5H2,1-3H3,(H,11,12). The highest BCUT2D eigenvalue weighted by Gasteiger charge is 2.09. The highest BCUT2D eigenvalue weighted by atomic mass is 16.5. The second kappa shape index (κ2) is 5.78. The van der Waals surface area contributed by atoms with Crippen LogP contribution in [0.5, 0.6) is 0 Å². The number of H-pyrrole nitrogens is 1. The summed E-state index contributed by atoms with van der Waals surface area (Å²) in [5.41, 5.74) is 1.19. The summed E-state index contributed by atoms with van der Waals surface area (Å²) in [6, 6.07) is 0.792. The van der Waals surface area contributed by atoms with Crippen molar-refractivity contribution in [2.75, 3.05) is 13.7 Å². The Morgan fingerprint density at radius 1 is 1.57 bits per heavy atom. The van der Waals surface area contributed by atoms with Gasteiger partial charge in [-0.3, -0.25) is 5.10 Å². The van der Waals surface area contributed by atoms with E-state index in [2.05, 4.69) is 29.4 Å². The molecule has 0 aliphatic rings. The molecule has 1 heterocycles. The van der Waals surface area contributed by atoms with Gasteiger partial charge in [-0.1, -0.05) is 0 Å². The largest absolute Gasteiger partial charge is 0.385 e. The van der Waals surface area contributed by atoms with Gasteiger partial charge in [0.15, 0.2) is 0 Å². The summed E-state index contributed by atoms with van der Waals surface area (Å²) in [5.74, 6) is 0. The molecule has 0 fully saturated rings. The van der Waals surface area contributed by atoms with E-state index in [1.165, 1.54) is 5.56 Å². The summed E-state index contributed by atoms with van der Waals surface area (Å²) in [4.78, 5) is 0. The third-order valence-electron chi connectivity index (χ3n) is 2.31. The van der Waals surface area contributed by atoms with Crippen LogP contribution in [-0.4, -0.2) is 30.0 Å². The van der Waals surface area contributed by atoms with Crippen LogP contribution in [0.4, 0.5) is 0 Å². The highest BCUT2D eigenvalue weighted by molar-refractivity contribution is 5.08. The number of nitrogens with zero attached hydrogens (tertiary/aromatic N) is 1. The Labute approximate surface area is 85.0 Å². The number of aromatic amines is 1. The predicted octanol–water partition coefficient (Wildman–Crippen LogP) is 1.49. The zero-order valence-electron chi connectivity index (χ0n) is 9.08. The van der Waals surface area contributed by atoms with E-state index >= 15 is 0 Å². The van der Waals surface area contributed by atoms with Crippen molar-refractivity contribution in [1.82, 2.24) is 15.5 Å². The number of methoxy groups -OCH3 is 1. The van der Waals surface area contributed by atoms with Crippen molar-refractivity contribution in [2.24, 2.45) is 0 Å². The molecule has 2 N–H and O–H groups in total. The topological polar surface area (TPSA) is 49.9 Å². The summed E-state index contributed by atoms with van der Waals surface area (Å²) in [5, 5.41) is 10.2. The van der Waals surface area contributed by atoms with Crippen molar-refractivity contribution in [1.29, 1.82) is 0 Å². The smallest absolute Gasteiger partial charge is 0.0534 e. The number of hydrogen-bond acceptors (Lipinski definition) is 3. The van der Waals surface area contributed by atoms with Gasteiger partial charge in [-0.15, -0.1) is 0 Å². The van der Waals surface area contributed by atoms with Crippen molar-refractivity contribution in [3.63, 3.8) is 0 Å². The van der Waals surface area contributed by atoms with Gasteiger partial charge in [0.25, 0.3) is 0 Å². The van der Waals surface area contributed by atoms with Crippen LogP contribution < -0.4 is 5.32 Å². The second-order valence-electron chi connectivity index (χ2n) is 3.60. The molecule has 4 heteroatoms. The molecule has 1 rings (SSSR count). The van der Waals surface area contributed by atoms with Crippen molar-refractivity contribution >= 4 is 0 Å². The lowest BCUT2D eigenvalue weighted by Crippen LogP contribution is -2.29. The molecule has 2 atom stereocenters. The minimum atomic E-state index is 0.334. The van der Waals surface area contributed by atoms with Crippen LogP contribution in [-0.2, 0) is 4.74 Å². The van der Waals surface area contributed by atoms with Crippen LogP contribution >= 0.6 is 0 Å². The Hall–Kier alpha value is -0.870. The molecule has 1 aromatic heterocycles. The summed E-state index contributed by atoms with van der Waals surface area (Å²) in [6.45, 7) is 5.09. The maximum atomic E-state index is 5.03. The molecule has 0 aliphatic heterocycles. The summed E-state index contributed by atoms with van der Waals surface area (Å²) in [6.07, 6.45) is 4.79. The molecule has 0 spiro atoms. The van der Waals surface area contributed by atoms with Gasteiger partial charge in [-0.2, -0.15) is 5.10 Å². The van der Waals surface area contributed by atoms with Crippen LogP contribution in [0.15, 0.2) is 12.4 Å². The third-order valence-corrected chi connectivity index (χ3v) is 2.31. The van der Waals surface area contributed by atoms with E-state index in [0.29, 0.717) is 12.1 Å². The molecule has 4 nitrogen and oxygen atoms in total. The summed E-state index contributed by atoms with van der Waals surface area (Å²) < 4.78 is 5.03. The molecule has 1 aromatic rings. The van der Waals surface area contributed by atoms with E-state index in [1.807, 2.05) is 12.4 Å². The molecule has 0 aliphatic carbocycles. The van der Waals surface area contributed by atoms with Crippen LogP contribution in [0.2, 0.25) is 0 Å². The number of nitrogens with one attached hydrogen (secondary N) is 2. The third kappa shape index (κ3) is 3.47. The van der Waals surface area contributed by atoms with E-state index in [0.717, 1.165) is 13.0 Å². The zero-order valence-corrected chi connectivity index (χ0v) is 9.08. The molecule has 0 radical (unpaired) electrons. The van der Waals surface area contributed by atoms with Gasteiger partial charge >= 0.3 is 0 Å². The van der Waals surface area contributed by atoms with Crippen molar-refractivity contribution in [2.45, 2.75) is 32.4 Å². The molecule has 0 bridgehead atoms. The molecule has 0 saturated heterocycles. The SMILES string of the molecule is COCCC(C)NC(C)c1cn[nH]c1. The van der Waals surface area contributed by atoms with Gasteiger partial charge in [-0.05, 0) is 20.3 Å². The average Bonchev–Trinajstić information content (AvgIpc) is 2.67. The fourth-order valence-electron chi connectivity index (χ4n) is 1.40. The molecule has 0 amide bonds. The fourth-order valence-corrected chi connectivity index (χ4v) is 1.40. The van der Waals surface area contributed by atoms with Crippen molar-refractivity contribution < 1.29 is 4.74 Å². The lowest BCUT2D eigenvalue weighted by atomic mass is 10.1. The van der Waals surface area contributed by atoms with E-state index in [1.54, 1.807) is 7.11 Å². The quantitative estimate of drug-likeness (QED) is 0.726. The molecule has 80 valence electrons. The van der Waals surface area contributed by atoms with Gasteiger partial charge < -0.3 is 10.1 Å². The minimum absolute atomic E-state index is 0.334. The van der Waals surface area contributed by atoms with Gasteiger partial charge in [0.05, 0.1) is 6.20 Å². The van der Waals surface area contributed by atoms with Crippen LogP contribution in [0.25, 0.3) is 0 Å². The number of aromatic nitrogens is 2. The minimum Gasteiger partial charge on any atom is -0.385 e. The number of ether oxygens (including phenoxy) is 1. The van der Waals surface area contributed by atoms with Crippen LogP contribution in [0.1, 0.15) is 31.9 Å². The Kier molecular flexibility index (Phi) is 4.62. The lowest BCUT2D eigenvalue weighted by molar-refractivity contribution is 0.183. The molecular weight excluding hydrogens is 178 g/mol. The fraction of sp³-hybridized carbons (Fsp3) is 0.700.